The Morgan fingerprint density at radius 2 is 2.05 bits per heavy atom. The molecule has 2 rings (SSSR count). The van der Waals surface area contributed by atoms with Crippen LogP contribution in [-0.4, -0.2) is 25.0 Å². The van der Waals surface area contributed by atoms with Gasteiger partial charge in [0.15, 0.2) is 0 Å². The van der Waals surface area contributed by atoms with Crippen LogP contribution in [0.4, 0.5) is 5.69 Å². The second kappa shape index (κ2) is 7.51. The molecule has 1 aliphatic rings. The topological polar surface area (TPSA) is 32.3 Å². The van der Waals surface area contributed by atoms with Crippen molar-refractivity contribution in [3.63, 3.8) is 0 Å². The van der Waals surface area contributed by atoms with Crippen molar-refractivity contribution in [2.75, 3.05) is 18.0 Å². The Morgan fingerprint density at radius 3 is 2.58 bits per heavy atom. The second-order valence-electron chi connectivity index (χ2n) is 4.97. The van der Waals surface area contributed by atoms with Gasteiger partial charge in [0, 0.05) is 24.7 Å². The molecule has 1 amide bonds. The highest BCUT2D eigenvalue weighted by atomic mass is 35.5. The molecule has 3 nitrogen and oxygen atoms in total. The van der Waals surface area contributed by atoms with E-state index < -0.39 is 0 Å². The zero-order chi connectivity index (χ0) is 13.0. The highest BCUT2D eigenvalue weighted by molar-refractivity contribution is 5.93. The van der Waals surface area contributed by atoms with Crippen LogP contribution < -0.4 is 10.2 Å². The van der Waals surface area contributed by atoms with Crippen molar-refractivity contribution in [3.8, 4) is 0 Å². The van der Waals surface area contributed by atoms with Crippen molar-refractivity contribution in [2.24, 2.45) is 0 Å². The van der Waals surface area contributed by atoms with E-state index >= 15 is 0 Å². The maximum Gasteiger partial charge on any atom is 0.228 e. The Bertz CT molecular complexity index is 399. The first-order chi connectivity index (χ1) is 8.70. The number of aryl methyl sites for hydroxylation is 1. The summed E-state index contributed by atoms with van der Waals surface area (Å²) in [6.07, 6.45) is 2.92. The molecule has 0 bridgehead atoms. The summed E-state index contributed by atoms with van der Waals surface area (Å²) in [7, 11) is 0. The highest BCUT2D eigenvalue weighted by Crippen LogP contribution is 2.18. The minimum Gasteiger partial charge on any atom is -0.313 e. The van der Waals surface area contributed by atoms with Gasteiger partial charge in [-0.2, -0.15) is 0 Å². The fraction of sp³-hybridized carbons (Fsp3) is 0.533. The van der Waals surface area contributed by atoms with E-state index in [-0.39, 0.29) is 18.3 Å². The number of hydrogen-bond donors (Lipinski definition) is 1. The van der Waals surface area contributed by atoms with Crippen molar-refractivity contribution in [1.29, 1.82) is 0 Å². The van der Waals surface area contributed by atoms with E-state index in [1.807, 2.05) is 24.0 Å². The van der Waals surface area contributed by atoms with Gasteiger partial charge in [0.05, 0.1) is 0 Å². The SMILES string of the molecule is CCN(C(=O)CC1CCCN1)c1ccc(C)cc1.Cl. The lowest BCUT2D eigenvalue weighted by molar-refractivity contribution is -0.119. The van der Waals surface area contributed by atoms with Gasteiger partial charge in [-0.25, -0.2) is 0 Å². The molecular formula is C15H23ClN2O. The first kappa shape index (κ1) is 16.0. The number of rotatable bonds is 4. The van der Waals surface area contributed by atoms with Crippen molar-refractivity contribution in [2.45, 2.75) is 39.2 Å². The molecule has 1 aromatic rings. The number of carbonyl (C=O) groups is 1. The van der Waals surface area contributed by atoms with Crippen LogP contribution in [-0.2, 0) is 4.79 Å². The summed E-state index contributed by atoms with van der Waals surface area (Å²) in [4.78, 5) is 14.2. The van der Waals surface area contributed by atoms with Crippen LogP contribution in [0.2, 0.25) is 0 Å². The van der Waals surface area contributed by atoms with Gasteiger partial charge in [-0.1, -0.05) is 17.7 Å². The molecular weight excluding hydrogens is 260 g/mol. The molecule has 1 aliphatic heterocycles. The van der Waals surface area contributed by atoms with Gasteiger partial charge in [-0.3, -0.25) is 4.79 Å². The fourth-order valence-corrected chi connectivity index (χ4v) is 2.48. The monoisotopic (exact) mass is 282 g/mol. The van der Waals surface area contributed by atoms with Crippen molar-refractivity contribution in [1.82, 2.24) is 5.32 Å². The number of nitrogens with zero attached hydrogens (tertiary/aromatic N) is 1. The third kappa shape index (κ3) is 4.22. The number of nitrogens with one attached hydrogen (secondary N) is 1. The Labute approximate surface area is 121 Å². The Morgan fingerprint density at radius 1 is 1.37 bits per heavy atom. The van der Waals surface area contributed by atoms with E-state index in [0.29, 0.717) is 12.5 Å². The highest BCUT2D eigenvalue weighted by Gasteiger charge is 2.21. The van der Waals surface area contributed by atoms with Crippen LogP contribution >= 0.6 is 12.4 Å². The normalized spacial score (nSPS) is 17.9. The van der Waals surface area contributed by atoms with Crippen LogP contribution in [0, 0.1) is 6.92 Å². The van der Waals surface area contributed by atoms with Gasteiger partial charge < -0.3 is 10.2 Å². The van der Waals surface area contributed by atoms with Crippen molar-refractivity contribution < 1.29 is 4.79 Å². The number of amides is 1. The van der Waals surface area contributed by atoms with Crippen molar-refractivity contribution >= 4 is 24.0 Å². The first-order valence-corrected chi connectivity index (χ1v) is 6.81. The second-order valence-corrected chi connectivity index (χ2v) is 4.97. The summed E-state index contributed by atoms with van der Waals surface area (Å²) in [5, 5.41) is 3.38. The Kier molecular flexibility index (Phi) is 6.32. The molecule has 1 aromatic carbocycles. The summed E-state index contributed by atoms with van der Waals surface area (Å²) >= 11 is 0. The number of hydrogen-bond acceptors (Lipinski definition) is 2. The third-order valence-electron chi connectivity index (χ3n) is 3.55. The van der Waals surface area contributed by atoms with Gasteiger partial charge in [-0.15, -0.1) is 12.4 Å². The third-order valence-corrected chi connectivity index (χ3v) is 3.55. The van der Waals surface area contributed by atoms with Crippen LogP contribution in [0.5, 0.6) is 0 Å². The minimum atomic E-state index is 0. The number of halogens is 1. The molecule has 106 valence electrons. The number of anilines is 1. The van der Waals surface area contributed by atoms with E-state index in [4.69, 9.17) is 0 Å². The molecule has 0 radical (unpaired) electrons. The molecule has 1 unspecified atom stereocenters. The molecule has 19 heavy (non-hydrogen) atoms. The van der Waals surface area contributed by atoms with Crippen molar-refractivity contribution in [3.05, 3.63) is 29.8 Å². The molecule has 1 N–H and O–H groups in total. The summed E-state index contributed by atoms with van der Waals surface area (Å²) in [5.41, 5.74) is 2.23. The molecule has 0 spiro atoms. The maximum absolute atomic E-state index is 12.3. The minimum absolute atomic E-state index is 0. The number of carbonyl (C=O) groups excluding carboxylic acids is 1. The quantitative estimate of drug-likeness (QED) is 0.921. The zero-order valence-electron chi connectivity index (χ0n) is 11.7. The predicted molar refractivity (Wildman–Crippen MR) is 82.1 cm³/mol. The Hall–Kier alpha value is -1.06. The largest absolute Gasteiger partial charge is 0.313 e. The Balaban J connectivity index is 0.00000180. The summed E-state index contributed by atoms with van der Waals surface area (Å²) in [5.74, 6) is 0.223. The summed E-state index contributed by atoms with van der Waals surface area (Å²) in [6, 6.07) is 8.53. The molecule has 1 fully saturated rings. The van der Waals surface area contributed by atoms with Gasteiger partial charge >= 0.3 is 0 Å². The molecule has 0 aliphatic carbocycles. The van der Waals surface area contributed by atoms with Crippen LogP contribution in [0.25, 0.3) is 0 Å². The first-order valence-electron chi connectivity index (χ1n) is 6.81. The summed E-state index contributed by atoms with van der Waals surface area (Å²) in [6.45, 7) is 5.87. The average Bonchev–Trinajstić information content (AvgIpc) is 2.85. The predicted octanol–water partition coefficient (Wildman–Crippen LogP) is 2.91. The summed E-state index contributed by atoms with van der Waals surface area (Å²) < 4.78 is 0. The molecule has 4 heteroatoms. The lowest BCUT2D eigenvalue weighted by Gasteiger charge is -2.23. The lowest BCUT2D eigenvalue weighted by atomic mass is 10.1. The average molecular weight is 283 g/mol. The maximum atomic E-state index is 12.3. The smallest absolute Gasteiger partial charge is 0.228 e. The molecule has 1 heterocycles. The van der Waals surface area contributed by atoms with E-state index in [9.17, 15) is 4.79 Å². The molecule has 0 saturated carbocycles. The van der Waals surface area contributed by atoms with E-state index in [1.165, 1.54) is 12.0 Å². The van der Waals surface area contributed by atoms with Crippen LogP contribution in [0.15, 0.2) is 24.3 Å². The molecule has 1 saturated heterocycles. The van der Waals surface area contributed by atoms with Gasteiger partial charge in [-0.05, 0) is 45.4 Å². The van der Waals surface area contributed by atoms with Gasteiger partial charge in [0.2, 0.25) is 5.91 Å². The molecule has 1 atom stereocenters. The van der Waals surface area contributed by atoms with E-state index in [1.54, 1.807) is 0 Å². The van der Waals surface area contributed by atoms with Gasteiger partial charge in [0.1, 0.15) is 0 Å². The van der Waals surface area contributed by atoms with E-state index in [0.717, 1.165) is 25.2 Å². The fourth-order valence-electron chi connectivity index (χ4n) is 2.48. The van der Waals surface area contributed by atoms with Crippen LogP contribution in [0.1, 0.15) is 31.7 Å². The van der Waals surface area contributed by atoms with Crippen LogP contribution in [0.3, 0.4) is 0 Å². The number of benzene rings is 1. The van der Waals surface area contributed by atoms with E-state index in [2.05, 4.69) is 24.4 Å². The molecule has 0 aromatic heterocycles. The van der Waals surface area contributed by atoms with Gasteiger partial charge in [0.25, 0.3) is 0 Å². The zero-order valence-corrected chi connectivity index (χ0v) is 12.5. The lowest BCUT2D eigenvalue weighted by Crippen LogP contribution is -2.35. The standard InChI is InChI=1S/C15H22N2O.ClH/c1-3-17(14-8-6-12(2)7-9-14)15(18)11-13-5-4-10-16-13;/h6-9,13,16H,3-5,10-11H2,1-2H3;1H.